The van der Waals surface area contributed by atoms with Crippen LogP contribution in [0.2, 0.25) is 0 Å². The summed E-state index contributed by atoms with van der Waals surface area (Å²) in [5, 5.41) is 0. The molecule has 102 valence electrons. The third-order valence-corrected chi connectivity index (χ3v) is 4.11. The Morgan fingerprint density at radius 2 is 2.32 bits per heavy atom. The number of imidazole rings is 1. The van der Waals surface area contributed by atoms with Crippen LogP contribution in [0.15, 0.2) is 24.4 Å². The van der Waals surface area contributed by atoms with Crippen LogP contribution in [0.25, 0.3) is 5.52 Å². The Labute approximate surface area is 114 Å². The van der Waals surface area contributed by atoms with Gasteiger partial charge in [-0.2, -0.15) is 0 Å². The fraction of sp³-hybridized carbons (Fsp3) is 0.533. The lowest BCUT2D eigenvalue weighted by Gasteiger charge is -2.29. The Morgan fingerprint density at radius 3 is 3.11 bits per heavy atom. The Hall–Kier alpha value is -1.39. The summed E-state index contributed by atoms with van der Waals surface area (Å²) in [6.45, 7) is 2.97. The molecule has 0 spiro atoms. The van der Waals surface area contributed by atoms with Gasteiger partial charge in [-0.15, -0.1) is 0 Å². The highest BCUT2D eigenvalue weighted by Crippen LogP contribution is 2.21. The molecule has 2 aromatic rings. The number of hydrogen-bond acceptors (Lipinski definition) is 3. The van der Waals surface area contributed by atoms with Gasteiger partial charge in [0.1, 0.15) is 5.82 Å². The second kappa shape index (κ2) is 5.31. The summed E-state index contributed by atoms with van der Waals surface area (Å²) >= 11 is 0. The molecule has 2 aromatic heterocycles. The molecule has 1 fully saturated rings. The molecule has 0 radical (unpaired) electrons. The lowest BCUT2D eigenvalue weighted by atomic mass is 9.95. The highest BCUT2D eigenvalue weighted by molar-refractivity contribution is 5.47. The molecule has 2 N–H and O–H groups in total. The zero-order valence-corrected chi connectivity index (χ0v) is 11.5. The van der Waals surface area contributed by atoms with Crippen LogP contribution in [0.5, 0.6) is 0 Å². The smallest absolute Gasteiger partial charge is 0.113 e. The first-order valence-corrected chi connectivity index (χ1v) is 7.11. The van der Waals surface area contributed by atoms with E-state index >= 15 is 0 Å². The Morgan fingerprint density at radius 1 is 1.42 bits per heavy atom. The molecule has 1 aliphatic rings. The van der Waals surface area contributed by atoms with Crippen molar-refractivity contribution in [1.29, 1.82) is 0 Å². The van der Waals surface area contributed by atoms with Crippen LogP contribution >= 0.6 is 0 Å². The third-order valence-electron chi connectivity index (χ3n) is 4.11. The largest absolute Gasteiger partial charge is 0.325 e. The normalized spacial score (nSPS) is 21.1. The molecule has 1 unspecified atom stereocenters. The number of aromatic nitrogens is 2. The van der Waals surface area contributed by atoms with E-state index in [-0.39, 0.29) is 0 Å². The lowest BCUT2D eigenvalue weighted by Crippen LogP contribution is -2.33. The van der Waals surface area contributed by atoms with Gasteiger partial charge in [0.2, 0.25) is 0 Å². The number of hydrogen-bond donors (Lipinski definition) is 1. The zero-order chi connectivity index (χ0) is 13.2. The topological polar surface area (TPSA) is 46.6 Å². The van der Waals surface area contributed by atoms with Crippen molar-refractivity contribution in [3.05, 3.63) is 35.9 Å². The van der Waals surface area contributed by atoms with Crippen LogP contribution in [0, 0.1) is 5.92 Å². The van der Waals surface area contributed by atoms with E-state index in [1.54, 1.807) is 0 Å². The molecule has 1 aliphatic heterocycles. The predicted octanol–water partition coefficient (Wildman–Crippen LogP) is 1.68. The molecule has 3 heterocycles. The molecule has 4 nitrogen and oxygen atoms in total. The molecule has 0 saturated carbocycles. The monoisotopic (exact) mass is 258 g/mol. The van der Waals surface area contributed by atoms with Crippen LogP contribution in [-0.4, -0.2) is 34.4 Å². The molecule has 0 bridgehead atoms. The third kappa shape index (κ3) is 2.51. The first-order valence-electron chi connectivity index (χ1n) is 7.11. The van der Waals surface area contributed by atoms with Crippen LogP contribution in [-0.2, 0) is 13.0 Å². The Balaban J connectivity index is 1.88. The number of nitrogens with two attached hydrogens (primary N) is 1. The van der Waals surface area contributed by atoms with Crippen molar-refractivity contribution in [2.75, 3.05) is 20.1 Å². The van der Waals surface area contributed by atoms with Crippen molar-refractivity contribution < 1.29 is 0 Å². The molecular formula is C15H22N4. The first-order chi connectivity index (χ1) is 9.28. The van der Waals surface area contributed by atoms with Gasteiger partial charge >= 0.3 is 0 Å². The van der Waals surface area contributed by atoms with Gasteiger partial charge < -0.3 is 10.6 Å². The highest BCUT2D eigenvalue weighted by atomic mass is 15.1. The van der Waals surface area contributed by atoms with Crippen LogP contribution < -0.4 is 5.73 Å². The summed E-state index contributed by atoms with van der Waals surface area (Å²) in [6, 6.07) is 6.24. The van der Waals surface area contributed by atoms with Gasteiger partial charge in [0.05, 0.1) is 11.7 Å². The summed E-state index contributed by atoms with van der Waals surface area (Å²) in [6.07, 6.45) is 5.62. The maximum Gasteiger partial charge on any atom is 0.113 e. The van der Waals surface area contributed by atoms with Crippen LogP contribution in [0.3, 0.4) is 0 Å². The molecule has 0 aliphatic carbocycles. The molecule has 19 heavy (non-hydrogen) atoms. The molecule has 0 amide bonds. The fourth-order valence-corrected chi connectivity index (χ4v) is 3.19. The summed E-state index contributed by atoms with van der Waals surface area (Å²) in [5.41, 5.74) is 8.14. The van der Waals surface area contributed by atoms with Crippen molar-refractivity contribution in [2.24, 2.45) is 11.7 Å². The molecular weight excluding hydrogens is 236 g/mol. The fourth-order valence-electron chi connectivity index (χ4n) is 3.19. The van der Waals surface area contributed by atoms with E-state index in [2.05, 4.69) is 39.5 Å². The molecule has 4 heteroatoms. The van der Waals surface area contributed by atoms with E-state index < -0.39 is 0 Å². The maximum atomic E-state index is 5.84. The van der Waals surface area contributed by atoms with Gasteiger partial charge in [-0.1, -0.05) is 6.07 Å². The van der Waals surface area contributed by atoms with E-state index in [4.69, 9.17) is 5.73 Å². The average Bonchev–Trinajstić information content (AvgIpc) is 2.82. The van der Waals surface area contributed by atoms with Crippen molar-refractivity contribution >= 4 is 5.52 Å². The average molecular weight is 258 g/mol. The summed E-state index contributed by atoms with van der Waals surface area (Å²) in [5.74, 6) is 1.88. The van der Waals surface area contributed by atoms with Crippen molar-refractivity contribution in [2.45, 2.75) is 25.8 Å². The standard InChI is InChI=1S/C15H22N4/c1-18-7-3-4-12(11-18)8-15-17-10-14-6-2-5-13(9-16)19(14)15/h2,5-6,10,12H,3-4,7-9,11,16H2,1H3. The van der Waals surface area contributed by atoms with E-state index in [1.807, 2.05) is 6.20 Å². The van der Waals surface area contributed by atoms with E-state index in [0.29, 0.717) is 6.54 Å². The number of likely N-dealkylation sites (tertiary alicyclic amines) is 1. The van der Waals surface area contributed by atoms with Gasteiger partial charge in [0.15, 0.2) is 0 Å². The number of fused-ring (bicyclic) bond motifs is 1. The second-order valence-corrected chi connectivity index (χ2v) is 5.63. The Kier molecular flexibility index (Phi) is 3.53. The van der Waals surface area contributed by atoms with E-state index in [1.165, 1.54) is 25.9 Å². The molecule has 3 rings (SSSR count). The minimum Gasteiger partial charge on any atom is -0.325 e. The van der Waals surface area contributed by atoms with Gasteiger partial charge in [-0.3, -0.25) is 4.40 Å². The van der Waals surface area contributed by atoms with Crippen LogP contribution in [0.4, 0.5) is 0 Å². The minimum atomic E-state index is 0.561. The SMILES string of the molecule is CN1CCCC(Cc2ncc3cccc(CN)n23)C1. The number of piperidine rings is 1. The van der Waals surface area contributed by atoms with Gasteiger partial charge in [-0.25, -0.2) is 4.98 Å². The van der Waals surface area contributed by atoms with E-state index in [9.17, 15) is 0 Å². The maximum absolute atomic E-state index is 5.84. The predicted molar refractivity (Wildman–Crippen MR) is 77.0 cm³/mol. The van der Waals surface area contributed by atoms with E-state index in [0.717, 1.165) is 29.4 Å². The number of nitrogens with zero attached hydrogens (tertiary/aromatic N) is 3. The number of pyridine rings is 1. The van der Waals surface area contributed by atoms with Gasteiger partial charge in [0.25, 0.3) is 0 Å². The van der Waals surface area contributed by atoms with Crippen molar-refractivity contribution in [1.82, 2.24) is 14.3 Å². The zero-order valence-electron chi connectivity index (χ0n) is 11.5. The van der Waals surface area contributed by atoms with Crippen molar-refractivity contribution in [3.63, 3.8) is 0 Å². The Bertz CT molecular complexity index is 560. The first kappa shape index (κ1) is 12.6. The summed E-state index contributed by atoms with van der Waals surface area (Å²) < 4.78 is 2.23. The molecule has 1 atom stereocenters. The number of rotatable bonds is 3. The highest BCUT2D eigenvalue weighted by Gasteiger charge is 2.19. The summed E-state index contributed by atoms with van der Waals surface area (Å²) in [4.78, 5) is 7.04. The molecule has 0 aromatic carbocycles. The minimum absolute atomic E-state index is 0.561. The molecule has 1 saturated heterocycles. The van der Waals surface area contributed by atoms with Crippen molar-refractivity contribution in [3.8, 4) is 0 Å². The van der Waals surface area contributed by atoms with Gasteiger partial charge in [-0.05, 0) is 44.5 Å². The quantitative estimate of drug-likeness (QED) is 0.911. The summed E-state index contributed by atoms with van der Waals surface area (Å²) in [7, 11) is 2.21. The second-order valence-electron chi connectivity index (χ2n) is 5.63. The van der Waals surface area contributed by atoms with Crippen LogP contribution in [0.1, 0.15) is 24.4 Å². The van der Waals surface area contributed by atoms with Gasteiger partial charge in [0, 0.05) is 25.2 Å². The lowest BCUT2D eigenvalue weighted by molar-refractivity contribution is 0.207.